The fourth-order valence-electron chi connectivity index (χ4n) is 1.94. The van der Waals surface area contributed by atoms with Gasteiger partial charge in [-0.25, -0.2) is 9.78 Å². The van der Waals surface area contributed by atoms with Crippen LogP contribution in [-0.2, 0) is 9.53 Å². The van der Waals surface area contributed by atoms with E-state index in [0.29, 0.717) is 17.7 Å². The Morgan fingerprint density at radius 1 is 1.42 bits per heavy atom. The van der Waals surface area contributed by atoms with Gasteiger partial charge in [-0.05, 0) is 28.1 Å². The SMILES string of the molecule is O=C(NC1(C(=O)O)CCOCC1)c1ncccc1Br. The van der Waals surface area contributed by atoms with Gasteiger partial charge in [0.05, 0.1) is 0 Å². The van der Waals surface area contributed by atoms with E-state index in [1.807, 2.05) is 0 Å². The number of nitrogens with one attached hydrogen (secondary N) is 1. The molecule has 0 aromatic carbocycles. The van der Waals surface area contributed by atoms with Crippen molar-refractivity contribution in [1.29, 1.82) is 0 Å². The van der Waals surface area contributed by atoms with E-state index in [1.165, 1.54) is 6.20 Å². The molecule has 0 atom stereocenters. The fraction of sp³-hybridized carbons (Fsp3) is 0.417. The molecule has 1 saturated heterocycles. The molecule has 2 heterocycles. The molecule has 19 heavy (non-hydrogen) atoms. The molecule has 0 unspecified atom stereocenters. The van der Waals surface area contributed by atoms with E-state index in [4.69, 9.17) is 4.74 Å². The maximum Gasteiger partial charge on any atom is 0.329 e. The largest absolute Gasteiger partial charge is 0.480 e. The Labute approximate surface area is 118 Å². The quantitative estimate of drug-likeness (QED) is 0.870. The Morgan fingerprint density at radius 2 is 2.11 bits per heavy atom. The fourth-order valence-corrected chi connectivity index (χ4v) is 2.38. The highest BCUT2D eigenvalue weighted by molar-refractivity contribution is 9.10. The second-order valence-corrected chi connectivity index (χ2v) is 5.14. The molecule has 1 aliphatic rings. The van der Waals surface area contributed by atoms with Crippen molar-refractivity contribution < 1.29 is 19.4 Å². The first kappa shape index (κ1) is 14.0. The van der Waals surface area contributed by atoms with Crippen LogP contribution in [0.15, 0.2) is 22.8 Å². The standard InChI is InChI=1S/C12H13BrN2O4/c13-8-2-1-5-14-9(8)10(16)15-12(11(17)18)3-6-19-7-4-12/h1-2,5H,3-4,6-7H2,(H,15,16)(H,17,18). The zero-order chi connectivity index (χ0) is 13.9. The lowest BCUT2D eigenvalue weighted by atomic mass is 9.90. The van der Waals surface area contributed by atoms with Gasteiger partial charge in [0.25, 0.3) is 5.91 Å². The van der Waals surface area contributed by atoms with Crippen molar-refractivity contribution in [3.05, 3.63) is 28.5 Å². The first-order chi connectivity index (χ1) is 9.05. The van der Waals surface area contributed by atoms with Crippen molar-refractivity contribution in [2.75, 3.05) is 13.2 Å². The molecular weight excluding hydrogens is 316 g/mol. The minimum atomic E-state index is -1.27. The number of ether oxygens (including phenoxy) is 1. The smallest absolute Gasteiger partial charge is 0.329 e. The highest BCUT2D eigenvalue weighted by atomic mass is 79.9. The third-order valence-corrected chi connectivity index (χ3v) is 3.72. The zero-order valence-corrected chi connectivity index (χ0v) is 11.6. The summed E-state index contributed by atoms with van der Waals surface area (Å²) in [5.41, 5.74) is -1.10. The number of rotatable bonds is 3. The maximum atomic E-state index is 12.1. The molecule has 1 aromatic heterocycles. The molecule has 1 fully saturated rings. The lowest BCUT2D eigenvalue weighted by Crippen LogP contribution is -2.57. The van der Waals surface area contributed by atoms with Crippen molar-refractivity contribution in [1.82, 2.24) is 10.3 Å². The molecule has 6 nitrogen and oxygen atoms in total. The first-order valence-corrected chi connectivity index (χ1v) is 6.59. The average Bonchev–Trinajstić information content (AvgIpc) is 2.40. The van der Waals surface area contributed by atoms with Gasteiger partial charge in [0.1, 0.15) is 11.2 Å². The molecule has 1 aliphatic heterocycles. The molecule has 0 spiro atoms. The minimum Gasteiger partial charge on any atom is -0.480 e. The summed E-state index contributed by atoms with van der Waals surface area (Å²) >= 11 is 3.22. The van der Waals surface area contributed by atoms with Gasteiger partial charge in [-0.3, -0.25) is 4.79 Å². The van der Waals surface area contributed by atoms with Gasteiger partial charge < -0.3 is 15.2 Å². The van der Waals surface area contributed by atoms with Gasteiger partial charge >= 0.3 is 5.97 Å². The molecule has 102 valence electrons. The monoisotopic (exact) mass is 328 g/mol. The van der Waals surface area contributed by atoms with E-state index >= 15 is 0 Å². The molecule has 7 heteroatoms. The highest BCUT2D eigenvalue weighted by Crippen LogP contribution is 2.22. The molecule has 0 bridgehead atoms. The van der Waals surface area contributed by atoms with E-state index in [0.717, 1.165) is 0 Å². The second kappa shape index (κ2) is 5.66. The maximum absolute atomic E-state index is 12.1. The van der Waals surface area contributed by atoms with Gasteiger partial charge in [0, 0.05) is 36.7 Å². The lowest BCUT2D eigenvalue weighted by molar-refractivity contribution is -0.148. The van der Waals surface area contributed by atoms with Crippen LogP contribution in [0.1, 0.15) is 23.3 Å². The van der Waals surface area contributed by atoms with Crippen LogP contribution in [-0.4, -0.2) is 40.7 Å². The van der Waals surface area contributed by atoms with E-state index in [2.05, 4.69) is 26.2 Å². The topological polar surface area (TPSA) is 88.5 Å². The number of nitrogens with zero attached hydrogens (tertiary/aromatic N) is 1. The van der Waals surface area contributed by atoms with Gasteiger partial charge in [-0.15, -0.1) is 0 Å². The summed E-state index contributed by atoms with van der Waals surface area (Å²) in [6.45, 7) is 0.631. The number of hydrogen-bond donors (Lipinski definition) is 2. The molecule has 0 aliphatic carbocycles. The summed E-state index contributed by atoms with van der Waals surface area (Å²) in [5.74, 6) is -1.55. The number of amides is 1. The van der Waals surface area contributed by atoms with Gasteiger partial charge in [-0.1, -0.05) is 0 Å². The number of carboxylic acid groups (broad SMARTS) is 1. The van der Waals surface area contributed by atoms with Crippen LogP contribution in [0.25, 0.3) is 0 Å². The number of hydrogen-bond acceptors (Lipinski definition) is 4. The van der Waals surface area contributed by atoms with Crippen LogP contribution in [0.3, 0.4) is 0 Å². The van der Waals surface area contributed by atoms with Crippen LogP contribution >= 0.6 is 15.9 Å². The van der Waals surface area contributed by atoms with Gasteiger partial charge in [-0.2, -0.15) is 0 Å². The van der Waals surface area contributed by atoms with Crippen molar-refractivity contribution in [2.24, 2.45) is 0 Å². The van der Waals surface area contributed by atoms with Crippen LogP contribution in [0.5, 0.6) is 0 Å². The molecule has 0 saturated carbocycles. The lowest BCUT2D eigenvalue weighted by Gasteiger charge is -2.33. The number of carbonyl (C=O) groups is 2. The third-order valence-electron chi connectivity index (χ3n) is 3.08. The summed E-state index contributed by atoms with van der Waals surface area (Å²) in [6, 6.07) is 3.36. The first-order valence-electron chi connectivity index (χ1n) is 5.79. The van der Waals surface area contributed by atoms with Crippen LogP contribution in [0.2, 0.25) is 0 Å². The molecule has 1 amide bonds. The van der Waals surface area contributed by atoms with E-state index in [9.17, 15) is 14.7 Å². The predicted molar refractivity (Wildman–Crippen MR) is 69.8 cm³/mol. The summed E-state index contributed by atoms with van der Waals surface area (Å²) in [7, 11) is 0. The highest BCUT2D eigenvalue weighted by Gasteiger charge is 2.42. The molecule has 1 aromatic rings. The summed E-state index contributed by atoms with van der Waals surface area (Å²) in [4.78, 5) is 27.5. The number of halogens is 1. The Hall–Kier alpha value is -1.47. The summed E-state index contributed by atoms with van der Waals surface area (Å²) in [6.07, 6.45) is 1.98. The zero-order valence-electron chi connectivity index (χ0n) is 10.1. The van der Waals surface area contributed by atoms with Crippen molar-refractivity contribution in [3.63, 3.8) is 0 Å². The average molecular weight is 329 g/mol. The van der Waals surface area contributed by atoms with Gasteiger partial charge in [0.2, 0.25) is 0 Å². The number of pyridine rings is 1. The van der Waals surface area contributed by atoms with Crippen molar-refractivity contribution >= 4 is 27.8 Å². The second-order valence-electron chi connectivity index (χ2n) is 4.29. The van der Waals surface area contributed by atoms with Gasteiger partial charge in [0.15, 0.2) is 0 Å². The Kier molecular flexibility index (Phi) is 4.16. The number of carbonyl (C=O) groups excluding carboxylic acids is 1. The van der Waals surface area contributed by atoms with Crippen LogP contribution < -0.4 is 5.32 Å². The van der Waals surface area contributed by atoms with Crippen molar-refractivity contribution in [2.45, 2.75) is 18.4 Å². The predicted octanol–water partition coefficient (Wildman–Crippen LogP) is 1.21. The van der Waals surface area contributed by atoms with E-state index in [1.54, 1.807) is 12.1 Å². The number of carboxylic acids is 1. The van der Waals surface area contributed by atoms with Crippen molar-refractivity contribution in [3.8, 4) is 0 Å². The van der Waals surface area contributed by atoms with Crippen LogP contribution in [0, 0.1) is 0 Å². The molecule has 0 radical (unpaired) electrons. The Morgan fingerprint density at radius 3 is 2.68 bits per heavy atom. The van der Waals surface area contributed by atoms with E-state index < -0.39 is 17.4 Å². The summed E-state index contributed by atoms with van der Waals surface area (Å²) < 4.78 is 5.67. The number of aliphatic carboxylic acids is 1. The minimum absolute atomic E-state index is 0.176. The summed E-state index contributed by atoms with van der Waals surface area (Å²) in [5, 5.41) is 11.9. The normalized spacial score (nSPS) is 17.7. The number of aromatic nitrogens is 1. The molecule has 2 rings (SSSR count). The molecular formula is C12H13BrN2O4. The Bertz CT molecular complexity index is 500. The molecule has 2 N–H and O–H groups in total. The Balaban J connectivity index is 2.20. The van der Waals surface area contributed by atoms with Crippen LogP contribution in [0.4, 0.5) is 0 Å². The third kappa shape index (κ3) is 2.93. The van der Waals surface area contributed by atoms with E-state index in [-0.39, 0.29) is 18.5 Å².